The van der Waals surface area contributed by atoms with E-state index in [1.807, 2.05) is 24.3 Å². The molecular weight excluding hydrogens is 342 g/mol. The van der Waals surface area contributed by atoms with Gasteiger partial charge in [-0.15, -0.1) is 0 Å². The molecule has 1 saturated heterocycles. The molecule has 1 aliphatic rings. The molecule has 1 fully saturated rings. The lowest BCUT2D eigenvalue weighted by Crippen LogP contribution is -2.32. The van der Waals surface area contributed by atoms with Crippen molar-refractivity contribution in [3.8, 4) is 11.3 Å². The number of piperidine rings is 1. The third-order valence-corrected chi connectivity index (χ3v) is 5.07. The molecule has 0 saturated carbocycles. The van der Waals surface area contributed by atoms with E-state index in [0.717, 1.165) is 43.9 Å². The first-order chi connectivity index (χ1) is 13.2. The molecule has 0 spiro atoms. The highest BCUT2D eigenvalue weighted by molar-refractivity contribution is 5.95. The van der Waals surface area contributed by atoms with Gasteiger partial charge in [0.15, 0.2) is 0 Å². The molecule has 3 aromatic rings. The van der Waals surface area contributed by atoms with Crippen molar-refractivity contribution in [1.82, 2.24) is 14.9 Å². The lowest BCUT2D eigenvalue weighted by atomic mass is 9.93. The number of benzene rings is 1. The van der Waals surface area contributed by atoms with E-state index in [1.165, 1.54) is 0 Å². The molecule has 0 aliphatic carbocycles. The van der Waals surface area contributed by atoms with E-state index in [4.69, 9.17) is 4.42 Å². The largest absolute Gasteiger partial charge is 0.478 e. The van der Waals surface area contributed by atoms with Crippen molar-refractivity contribution >= 4 is 5.97 Å². The topological polar surface area (TPSA) is 79.5 Å². The summed E-state index contributed by atoms with van der Waals surface area (Å²) in [7, 11) is 0. The van der Waals surface area contributed by atoms with Crippen molar-refractivity contribution < 1.29 is 14.3 Å². The molecular formula is C21H21N3O3. The molecule has 0 bridgehead atoms. The summed E-state index contributed by atoms with van der Waals surface area (Å²) in [5.41, 5.74) is 1.98. The summed E-state index contributed by atoms with van der Waals surface area (Å²) in [6, 6.07) is 12.7. The third-order valence-electron chi connectivity index (χ3n) is 5.07. The van der Waals surface area contributed by atoms with Gasteiger partial charge in [0.25, 0.3) is 0 Å². The van der Waals surface area contributed by atoms with Gasteiger partial charge in [0.1, 0.15) is 17.8 Å². The Morgan fingerprint density at radius 1 is 1.15 bits per heavy atom. The minimum atomic E-state index is -0.949. The summed E-state index contributed by atoms with van der Waals surface area (Å²) >= 11 is 0. The molecule has 1 aromatic carbocycles. The fourth-order valence-corrected chi connectivity index (χ4v) is 3.64. The maximum absolute atomic E-state index is 11.4. The molecule has 4 rings (SSSR count). The lowest BCUT2D eigenvalue weighted by molar-refractivity contribution is 0.0697. The smallest absolute Gasteiger partial charge is 0.336 e. The molecule has 3 heterocycles. The van der Waals surface area contributed by atoms with Gasteiger partial charge < -0.3 is 9.52 Å². The van der Waals surface area contributed by atoms with Crippen LogP contribution in [0.3, 0.4) is 0 Å². The quantitative estimate of drug-likeness (QED) is 0.742. The van der Waals surface area contributed by atoms with E-state index in [9.17, 15) is 9.90 Å². The summed E-state index contributed by atoms with van der Waals surface area (Å²) in [6.07, 6.45) is 5.54. The van der Waals surface area contributed by atoms with Crippen molar-refractivity contribution in [2.24, 2.45) is 0 Å². The van der Waals surface area contributed by atoms with E-state index >= 15 is 0 Å². The summed E-state index contributed by atoms with van der Waals surface area (Å²) in [5.74, 6) is 0.985. The predicted octanol–water partition coefficient (Wildman–Crippen LogP) is 3.81. The van der Waals surface area contributed by atoms with E-state index in [1.54, 1.807) is 30.7 Å². The van der Waals surface area contributed by atoms with Gasteiger partial charge in [-0.05, 0) is 50.2 Å². The van der Waals surface area contributed by atoms with Gasteiger partial charge >= 0.3 is 5.97 Å². The number of carboxylic acid groups (broad SMARTS) is 1. The normalized spacial score (nSPS) is 15.7. The van der Waals surface area contributed by atoms with Crippen molar-refractivity contribution in [3.05, 3.63) is 72.0 Å². The number of furan rings is 1. The fraction of sp³-hybridized carbons (Fsp3) is 0.286. The van der Waals surface area contributed by atoms with Crippen LogP contribution in [0.25, 0.3) is 11.3 Å². The highest BCUT2D eigenvalue weighted by Crippen LogP contribution is 2.29. The standard InChI is InChI=1S/C21H21N3O3/c25-21(26)18-4-2-1-3-17(18)20-6-5-16(27-20)13-24-11-8-15(9-12-24)19-7-10-22-14-23-19/h1-7,10,14-15H,8-9,11-13H2,(H,25,26). The van der Waals surface area contributed by atoms with Crippen LogP contribution in [0.4, 0.5) is 0 Å². The Labute approximate surface area is 157 Å². The van der Waals surface area contributed by atoms with Crippen LogP contribution in [-0.4, -0.2) is 39.0 Å². The van der Waals surface area contributed by atoms with Crippen LogP contribution in [0.15, 0.2) is 59.4 Å². The van der Waals surface area contributed by atoms with Gasteiger partial charge in [0.2, 0.25) is 0 Å². The van der Waals surface area contributed by atoms with Crippen LogP contribution in [0.5, 0.6) is 0 Å². The Hall–Kier alpha value is -2.99. The first-order valence-corrected chi connectivity index (χ1v) is 9.10. The molecule has 2 aromatic heterocycles. The molecule has 0 radical (unpaired) electrons. The average molecular weight is 363 g/mol. The average Bonchev–Trinajstić information content (AvgIpc) is 3.17. The van der Waals surface area contributed by atoms with Gasteiger partial charge in [-0.3, -0.25) is 4.90 Å². The first-order valence-electron chi connectivity index (χ1n) is 9.10. The number of carboxylic acids is 1. The number of hydrogen-bond acceptors (Lipinski definition) is 5. The van der Waals surface area contributed by atoms with Gasteiger partial charge in [0.05, 0.1) is 12.1 Å². The third kappa shape index (κ3) is 3.90. The summed E-state index contributed by atoms with van der Waals surface area (Å²) < 4.78 is 5.95. The zero-order valence-electron chi connectivity index (χ0n) is 14.9. The number of aromatic carboxylic acids is 1. The highest BCUT2D eigenvalue weighted by Gasteiger charge is 2.22. The van der Waals surface area contributed by atoms with Crippen LogP contribution in [0.1, 0.15) is 40.6 Å². The minimum Gasteiger partial charge on any atom is -0.478 e. The zero-order chi connectivity index (χ0) is 18.6. The van der Waals surface area contributed by atoms with E-state index in [-0.39, 0.29) is 5.56 Å². The zero-order valence-corrected chi connectivity index (χ0v) is 14.9. The summed E-state index contributed by atoms with van der Waals surface area (Å²) in [5, 5.41) is 9.35. The summed E-state index contributed by atoms with van der Waals surface area (Å²) in [4.78, 5) is 22.1. The van der Waals surface area contributed by atoms with Gasteiger partial charge in [-0.2, -0.15) is 0 Å². The molecule has 1 aliphatic heterocycles. The number of carbonyl (C=O) groups is 1. The van der Waals surface area contributed by atoms with Crippen LogP contribution in [0.2, 0.25) is 0 Å². The number of nitrogens with zero attached hydrogens (tertiary/aromatic N) is 3. The van der Waals surface area contributed by atoms with Crippen molar-refractivity contribution in [2.45, 2.75) is 25.3 Å². The van der Waals surface area contributed by atoms with Gasteiger partial charge in [-0.1, -0.05) is 18.2 Å². The highest BCUT2D eigenvalue weighted by atomic mass is 16.4. The Morgan fingerprint density at radius 2 is 1.96 bits per heavy atom. The Morgan fingerprint density at radius 3 is 2.70 bits per heavy atom. The van der Waals surface area contributed by atoms with Crippen molar-refractivity contribution in [3.63, 3.8) is 0 Å². The minimum absolute atomic E-state index is 0.254. The second-order valence-corrected chi connectivity index (χ2v) is 6.80. The van der Waals surface area contributed by atoms with Crippen LogP contribution >= 0.6 is 0 Å². The maximum Gasteiger partial charge on any atom is 0.336 e. The van der Waals surface area contributed by atoms with Crippen molar-refractivity contribution in [1.29, 1.82) is 0 Å². The maximum atomic E-state index is 11.4. The van der Waals surface area contributed by atoms with Crippen molar-refractivity contribution in [2.75, 3.05) is 13.1 Å². The second kappa shape index (κ2) is 7.72. The van der Waals surface area contributed by atoms with Crippen LogP contribution in [-0.2, 0) is 6.54 Å². The number of rotatable bonds is 5. The van der Waals surface area contributed by atoms with Crippen LogP contribution < -0.4 is 0 Å². The monoisotopic (exact) mass is 363 g/mol. The lowest BCUT2D eigenvalue weighted by Gasteiger charge is -2.30. The SMILES string of the molecule is O=C(O)c1ccccc1-c1ccc(CN2CCC(c3ccncn3)CC2)o1. The van der Waals surface area contributed by atoms with E-state index in [2.05, 4.69) is 14.9 Å². The molecule has 27 heavy (non-hydrogen) atoms. The molecule has 1 N–H and O–H groups in total. The predicted molar refractivity (Wildman–Crippen MR) is 100 cm³/mol. The second-order valence-electron chi connectivity index (χ2n) is 6.80. The molecule has 6 nitrogen and oxygen atoms in total. The number of aromatic nitrogens is 2. The molecule has 6 heteroatoms. The van der Waals surface area contributed by atoms with E-state index < -0.39 is 5.97 Å². The van der Waals surface area contributed by atoms with Gasteiger partial charge in [-0.25, -0.2) is 14.8 Å². The summed E-state index contributed by atoms with van der Waals surface area (Å²) in [6.45, 7) is 2.69. The van der Waals surface area contributed by atoms with E-state index in [0.29, 0.717) is 17.2 Å². The molecule has 138 valence electrons. The Bertz CT molecular complexity index is 915. The Kier molecular flexibility index (Phi) is 4.98. The van der Waals surface area contributed by atoms with Gasteiger partial charge in [0, 0.05) is 23.4 Å². The number of hydrogen-bond donors (Lipinski definition) is 1. The van der Waals surface area contributed by atoms with Crippen LogP contribution in [0, 0.1) is 0 Å². The Balaban J connectivity index is 1.40. The molecule has 0 amide bonds. The molecule has 0 unspecified atom stereocenters. The first kappa shape index (κ1) is 17.4. The fourth-order valence-electron chi connectivity index (χ4n) is 3.64. The number of likely N-dealkylation sites (tertiary alicyclic amines) is 1. The molecule has 0 atom stereocenters.